The molecular formula is C18H35IN4O. The Morgan fingerprint density at radius 2 is 1.88 bits per heavy atom. The summed E-state index contributed by atoms with van der Waals surface area (Å²) in [5.74, 6) is 1.43. The zero-order valence-electron chi connectivity index (χ0n) is 15.1. The van der Waals surface area contributed by atoms with Gasteiger partial charge in [0.2, 0.25) is 0 Å². The van der Waals surface area contributed by atoms with Gasteiger partial charge >= 0.3 is 0 Å². The lowest BCUT2D eigenvalue weighted by molar-refractivity contribution is 0.136. The van der Waals surface area contributed by atoms with Crippen LogP contribution in [0.4, 0.5) is 0 Å². The van der Waals surface area contributed by atoms with E-state index in [1.54, 1.807) is 0 Å². The van der Waals surface area contributed by atoms with Crippen LogP contribution >= 0.6 is 24.0 Å². The predicted octanol–water partition coefficient (Wildman–Crippen LogP) is 2.29. The quantitative estimate of drug-likeness (QED) is 0.392. The molecular weight excluding hydrogens is 415 g/mol. The molecule has 3 fully saturated rings. The summed E-state index contributed by atoms with van der Waals surface area (Å²) in [4.78, 5) is 9.98. The number of piperidine rings is 1. The summed E-state index contributed by atoms with van der Waals surface area (Å²) in [6.45, 7) is 8.60. The largest absolute Gasteiger partial charge is 0.393 e. The monoisotopic (exact) mass is 450 g/mol. The maximum Gasteiger partial charge on any atom is 0.193 e. The average molecular weight is 450 g/mol. The molecule has 3 rings (SSSR count). The minimum atomic E-state index is -0.138. The molecule has 5 nitrogen and oxygen atoms in total. The summed E-state index contributed by atoms with van der Waals surface area (Å²) in [7, 11) is 0. The molecule has 24 heavy (non-hydrogen) atoms. The standard InChI is InChI=1S/C18H34N4O.HI/c1-2-19-18(20-13-15-7-6-8-17(15)23)22-12-9-16(14-22)21-10-4-3-5-11-21;/h15-17,23H,2-14H2,1H3,(H,19,20);1H. The van der Waals surface area contributed by atoms with Crippen LogP contribution in [0.1, 0.15) is 51.9 Å². The molecule has 1 saturated carbocycles. The van der Waals surface area contributed by atoms with Crippen molar-refractivity contribution in [2.45, 2.75) is 64.0 Å². The van der Waals surface area contributed by atoms with Gasteiger partial charge in [-0.05, 0) is 52.1 Å². The number of hydrogen-bond donors (Lipinski definition) is 2. The first-order valence-corrected chi connectivity index (χ1v) is 9.73. The third-order valence-corrected chi connectivity index (χ3v) is 5.80. The van der Waals surface area contributed by atoms with Crippen LogP contribution in [-0.2, 0) is 0 Å². The molecule has 0 spiro atoms. The zero-order valence-corrected chi connectivity index (χ0v) is 17.5. The number of nitrogens with zero attached hydrogens (tertiary/aromatic N) is 3. The van der Waals surface area contributed by atoms with E-state index in [1.165, 1.54) is 38.8 Å². The van der Waals surface area contributed by atoms with Crippen molar-refractivity contribution in [3.63, 3.8) is 0 Å². The molecule has 0 amide bonds. The van der Waals surface area contributed by atoms with Gasteiger partial charge in [0.1, 0.15) is 0 Å². The first kappa shape index (κ1) is 20.2. The fraction of sp³-hybridized carbons (Fsp3) is 0.944. The lowest BCUT2D eigenvalue weighted by Crippen LogP contribution is -2.44. The van der Waals surface area contributed by atoms with Gasteiger partial charge in [-0.2, -0.15) is 0 Å². The van der Waals surface area contributed by atoms with Crippen LogP contribution in [0.3, 0.4) is 0 Å². The number of likely N-dealkylation sites (tertiary alicyclic amines) is 2. The van der Waals surface area contributed by atoms with E-state index in [-0.39, 0.29) is 30.1 Å². The van der Waals surface area contributed by atoms with Crippen LogP contribution in [0, 0.1) is 5.92 Å². The molecule has 2 heterocycles. The van der Waals surface area contributed by atoms with E-state index >= 15 is 0 Å². The van der Waals surface area contributed by atoms with Crippen LogP contribution in [0.25, 0.3) is 0 Å². The highest BCUT2D eigenvalue weighted by atomic mass is 127. The molecule has 3 unspecified atom stereocenters. The molecule has 6 heteroatoms. The minimum Gasteiger partial charge on any atom is -0.393 e. The van der Waals surface area contributed by atoms with E-state index in [0.717, 1.165) is 51.4 Å². The van der Waals surface area contributed by atoms with Crippen molar-refractivity contribution >= 4 is 29.9 Å². The Morgan fingerprint density at radius 1 is 1.08 bits per heavy atom. The molecule has 2 N–H and O–H groups in total. The third kappa shape index (κ3) is 5.21. The van der Waals surface area contributed by atoms with Gasteiger partial charge in [0.15, 0.2) is 5.96 Å². The summed E-state index contributed by atoms with van der Waals surface area (Å²) in [5, 5.41) is 13.5. The van der Waals surface area contributed by atoms with Crippen molar-refractivity contribution in [3.05, 3.63) is 0 Å². The van der Waals surface area contributed by atoms with Crippen molar-refractivity contribution in [1.29, 1.82) is 0 Å². The molecule has 0 aromatic rings. The predicted molar refractivity (Wildman–Crippen MR) is 110 cm³/mol. The number of halogens is 1. The number of guanidine groups is 1. The van der Waals surface area contributed by atoms with E-state index in [1.807, 2.05) is 0 Å². The Labute approximate surface area is 164 Å². The Hall–Kier alpha value is -0.0800. The number of aliphatic hydroxyl groups is 1. The van der Waals surface area contributed by atoms with Crippen LogP contribution in [0.2, 0.25) is 0 Å². The van der Waals surface area contributed by atoms with Gasteiger partial charge in [-0.1, -0.05) is 12.8 Å². The van der Waals surface area contributed by atoms with Gasteiger partial charge in [0, 0.05) is 38.1 Å². The second-order valence-corrected chi connectivity index (χ2v) is 7.44. The lowest BCUT2D eigenvalue weighted by Gasteiger charge is -2.32. The number of aliphatic imine (C=N–C) groups is 1. The smallest absolute Gasteiger partial charge is 0.193 e. The summed E-state index contributed by atoms with van der Waals surface area (Å²) in [6.07, 6.45) is 8.49. The third-order valence-electron chi connectivity index (χ3n) is 5.80. The van der Waals surface area contributed by atoms with Gasteiger partial charge < -0.3 is 15.3 Å². The highest BCUT2D eigenvalue weighted by Crippen LogP contribution is 2.26. The molecule has 0 aromatic heterocycles. The van der Waals surface area contributed by atoms with E-state index in [0.29, 0.717) is 12.0 Å². The molecule has 3 aliphatic rings. The summed E-state index contributed by atoms with van der Waals surface area (Å²) >= 11 is 0. The highest BCUT2D eigenvalue weighted by Gasteiger charge is 2.30. The van der Waals surface area contributed by atoms with Crippen molar-refractivity contribution in [3.8, 4) is 0 Å². The van der Waals surface area contributed by atoms with Crippen molar-refractivity contribution in [1.82, 2.24) is 15.1 Å². The highest BCUT2D eigenvalue weighted by molar-refractivity contribution is 14.0. The van der Waals surface area contributed by atoms with E-state index in [2.05, 4.69) is 22.0 Å². The summed E-state index contributed by atoms with van der Waals surface area (Å²) in [5.41, 5.74) is 0. The van der Waals surface area contributed by atoms with Gasteiger partial charge in [-0.3, -0.25) is 9.89 Å². The summed E-state index contributed by atoms with van der Waals surface area (Å²) in [6, 6.07) is 0.705. The van der Waals surface area contributed by atoms with E-state index in [4.69, 9.17) is 4.99 Å². The molecule has 2 aliphatic heterocycles. The van der Waals surface area contributed by atoms with Crippen molar-refractivity contribution in [2.75, 3.05) is 39.3 Å². The SMILES string of the molecule is CCNC(=NCC1CCCC1O)N1CCC(N2CCCCC2)C1.I. The molecule has 0 aromatic carbocycles. The molecule has 0 radical (unpaired) electrons. The van der Waals surface area contributed by atoms with Gasteiger partial charge in [0.05, 0.1) is 6.10 Å². The van der Waals surface area contributed by atoms with E-state index < -0.39 is 0 Å². The number of aliphatic hydroxyl groups excluding tert-OH is 1. The Morgan fingerprint density at radius 3 is 2.54 bits per heavy atom. The fourth-order valence-corrected chi connectivity index (χ4v) is 4.38. The van der Waals surface area contributed by atoms with Crippen LogP contribution in [0.15, 0.2) is 4.99 Å². The van der Waals surface area contributed by atoms with E-state index in [9.17, 15) is 5.11 Å². The second-order valence-electron chi connectivity index (χ2n) is 7.44. The molecule has 3 atom stereocenters. The number of nitrogens with one attached hydrogen (secondary N) is 1. The maximum atomic E-state index is 10.00. The Kier molecular flexibility index (Phi) is 8.57. The molecule has 1 aliphatic carbocycles. The first-order chi connectivity index (χ1) is 11.3. The zero-order chi connectivity index (χ0) is 16.1. The van der Waals surface area contributed by atoms with Gasteiger partial charge in [-0.15, -0.1) is 24.0 Å². The second kappa shape index (κ2) is 10.2. The topological polar surface area (TPSA) is 51.1 Å². The molecule has 0 bridgehead atoms. The van der Waals surface area contributed by atoms with Gasteiger partial charge in [0.25, 0.3) is 0 Å². The normalized spacial score (nSPS) is 32.0. The molecule has 2 saturated heterocycles. The van der Waals surface area contributed by atoms with Crippen LogP contribution < -0.4 is 5.32 Å². The summed E-state index contributed by atoms with van der Waals surface area (Å²) < 4.78 is 0. The van der Waals surface area contributed by atoms with Crippen LogP contribution in [-0.4, -0.2) is 72.3 Å². The van der Waals surface area contributed by atoms with Gasteiger partial charge in [-0.25, -0.2) is 0 Å². The number of hydrogen-bond acceptors (Lipinski definition) is 3. The maximum absolute atomic E-state index is 10.00. The average Bonchev–Trinajstić information content (AvgIpc) is 3.22. The minimum absolute atomic E-state index is 0. The number of rotatable bonds is 4. The molecule has 140 valence electrons. The van der Waals surface area contributed by atoms with Crippen molar-refractivity contribution < 1.29 is 5.11 Å². The van der Waals surface area contributed by atoms with Crippen molar-refractivity contribution in [2.24, 2.45) is 10.9 Å². The fourth-order valence-electron chi connectivity index (χ4n) is 4.38. The Balaban J connectivity index is 0.00000208. The Bertz CT molecular complexity index is 400. The first-order valence-electron chi connectivity index (χ1n) is 9.73. The lowest BCUT2D eigenvalue weighted by atomic mass is 10.1. The van der Waals surface area contributed by atoms with Crippen LogP contribution in [0.5, 0.6) is 0 Å².